The van der Waals surface area contributed by atoms with E-state index in [2.05, 4.69) is 28.9 Å². The summed E-state index contributed by atoms with van der Waals surface area (Å²) < 4.78 is 0. The minimum Gasteiger partial charge on any atom is -0.301 e. The third-order valence-corrected chi connectivity index (χ3v) is 3.30. The van der Waals surface area contributed by atoms with Crippen LogP contribution < -0.4 is 5.46 Å². The lowest BCUT2D eigenvalue weighted by Crippen LogP contribution is -2.45. The first-order chi connectivity index (χ1) is 7.78. The molecule has 0 amide bonds. The second-order valence-electron chi connectivity index (χ2n) is 4.45. The molecule has 1 fully saturated rings. The van der Waals surface area contributed by atoms with Crippen molar-refractivity contribution in [2.24, 2.45) is 0 Å². The molecule has 1 aliphatic rings. The highest BCUT2D eigenvalue weighted by atomic mass is 15.3. The first-order valence-corrected chi connectivity index (χ1v) is 6.07. The molecule has 0 unspecified atom stereocenters. The Balaban J connectivity index is 1.84. The Morgan fingerprint density at radius 3 is 2.12 bits per heavy atom. The fraction of sp³-hybridized carbons (Fsp3) is 0.538. The number of hydrogen-bond donors (Lipinski definition) is 0. The molecule has 1 heterocycles. The maximum absolute atomic E-state index is 5.68. The summed E-state index contributed by atoms with van der Waals surface area (Å²) in [5.41, 5.74) is 2.21. The molecule has 0 saturated carbocycles. The predicted molar refractivity (Wildman–Crippen MR) is 69.2 cm³/mol. The zero-order valence-corrected chi connectivity index (χ0v) is 10.0. The van der Waals surface area contributed by atoms with Crippen molar-refractivity contribution in [3.63, 3.8) is 0 Å². The first-order valence-electron chi connectivity index (χ1n) is 6.07. The zero-order valence-electron chi connectivity index (χ0n) is 10.0. The molecule has 0 atom stereocenters. The molecule has 2 radical (unpaired) electrons. The van der Waals surface area contributed by atoms with Crippen LogP contribution in [0.25, 0.3) is 0 Å². The van der Waals surface area contributed by atoms with E-state index in [0.29, 0.717) is 0 Å². The second-order valence-corrected chi connectivity index (χ2v) is 4.45. The Bertz CT molecular complexity index is 315. The monoisotopic (exact) mass is 214 g/mol. The second kappa shape index (κ2) is 5.51. The van der Waals surface area contributed by atoms with Gasteiger partial charge in [0.2, 0.25) is 0 Å². The van der Waals surface area contributed by atoms with Crippen LogP contribution in [0.5, 0.6) is 0 Å². The molecule has 84 valence electrons. The van der Waals surface area contributed by atoms with Crippen molar-refractivity contribution in [3.05, 3.63) is 29.8 Å². The van der Waals surface area contributed by atoms with Gasteiger partial charge in [0.15, 0.2) is 0 Å². The molecule has 1 aliphatic heterocycles. The summed E-state index contributed by atoms with van der Waals surface area (Å²) >= 11 is 0. The number of nitrogens with zero attached hydrogens (tertiary/aromatic N) is 2. The van der Waals surface area contributed by atoms with Gasteiger partial charge in [0.05, 0.1) is 0 Å². The average molecular weight is 214 g/mol. The summed E-state index contributed by atoms with van der Waals surface area (Å²) in [5.74, 6) is 0. The minimum absolute atomic E-state index is 0.847. The SMILES string of the molecule is [B]c1ccc(CN2CCN(CC)CC2)cc1. The molecule has 2 rings (SSSR count). The van der Waals surface area contributed by atoms with Gasteiger partial charge in [-0.3, -0.25) is 4.90 Å². The van der Waals surface area contributed by atoms with Crippen LogP contribution in [0.4, 0.5) is 0 Å². The highest BCUT2D eigenvalue weighted by Crippen LogP contribution is 2.07. The van der Waals surface area contributed by atoms with Gasteiger partial charge in [-0.25, -0.2) is 0 Å². The van der Waals surface area contributed by atoms with E-state index in [1.165, 1.54) is 38.3 Å². The van der Waals surface area contributed by atoms with Gasteiger partial charge < -0.3 is 4.90 Å². The van der Waals surface area contributed by atoms with Gasteiger partial charge in [-0.05, 0) is 12.1 Å². The van der Waals surface area contributed by atoms with Gasteiger partial charge in [-0.2, -0.15) is 0 Å². The van der Waals surface area contributed by atoms with Gasteiger partial charge >= 0.3 is 0 Å². The van der Waals surface area contributed by atoms with Crippen molar-refractivity contribution in [2.75, 3.05) is 32.7 Å². The minimum atomic E-state index is 0.847. The molecule has 1 aromatic carbocycles. The molecule has 0 N–H and O–H groups in total. The molecule has 0 aliphatic carbocycles. The lowest BCUT2D eigenvalue weighted by molar-refractivity contribution is 0.132. The maximum Gasteiger partial charge on any atom is 0.113 e. The van der Waals surface area contributed by atoms with Crippen LogP contribution in [0.15, 0.2) is 24.3 Å². The number of benzene rings is 1. The molecular formula is C13H19BN2. The lowest BCUT2D eigenvalue weighted by Gasteiger charge is -2.34. The Kier molecular flexibility index (Phi) is 4.02. The van der Waals surface area contributed by atoms with Crippen molar-refractivity contribution < 1.29 is 0 Å². The topological polar surface area (TPSA) is 6.48 Å². The van der Waals surface area contributed by atoms with Crippen LogP contribution in [-0.4, -0.2) is 50.4 Å². The summed E-state index contributed by atoms with van der Waals surface area (Å²) in [6, 6.07) is 8.22. The van der Waals surface area contributed by atoms with E-state index in [9.17, 15) is 0 Å². The summed E-state index contributed by atoms with van der Waals surface area (Å²) in [7, 11) is 5.68. The van der Waals surface area contributed by atoms with Crippen LogP contribution >= 0.6 is 0 Å². The van der Waals surface area contributed by atoms with Crippen LogP contribution in [-0.2, 0) is 6.54 Å². The van der Waals surface area contributed by atoms with E-state index in [-0.39, 0.29) is 0 Å². The largest absolute Gasteiger partial charge is 0.301 e. The highest BCUT2D eigenvalue weighted by Gasteiger charge is 2.14. The smallest absolute Gasteiger partial charge is 0.113 e. The Hall–Kier alpha value is -0.795. The third kappa shape index (κ3) is 3.10. The number of piperazine rings is 1. The molecular weight excluding hydrogens is 195 g/mol. The maximum atomic E-state index is 5.68. The molecule has 1 aromatic rings. The summed E-state index contributed by atoms with van der Waals surface area (Å²) in [5, 5.41) is 0. The highest BCUT2D eigenvalue weighted by molar-refractivity contribution is 6.32. The van der Waals surface area contributed by atoms with Gasteiger partial charge in [-0.15, -0.1) is 0 Å². The van der Waals surface area contributed by atoms with Crippen molar-refractivity contribution in [2.45, 2.75) is 13.5 Å². The van der Waals surface area contributed by atoms with Crippen LogP contribution in [0.1, 0.15) is 12.5 Å². The Morgan fingerprint density at radius 2 is 1.56 bits per heavy atom. The van der Waals surface area contributed by atoms with Crippen LogP contribution in [0.3, 0.4) is 0 Å². The Morgan fingerprint density at radius 1 is 1.00 bits per heavy atom. The van der Waals surface area contributed by atoms with Crippen molar-refractivity contribution >= 4 is 13.3 Å². The van der Waals surface area contributed by atoms with Crippen molar-refractivity contribution in [1.82, 2.24) is 9.80 Å². The average Bonchev–Trinajstić information content (AvgIpc) is 2.33. The van der Waals surface area contributed by atoms with Crippen LogP contribution in [0.2, 0.25) is 0 Å². The first kappa shape index (κ1) is 11.7. The lowest BCUT2D eigenvalue weighted by atomic mass is 9.95. The van der Waals surface area contributed by atoms with Gasteiger partial charge in [0.25, 0.3) is 0 Å². The number of likely N-dealkylation sites (N-methyl/N-ethyl adjacent to an activating group) is 1. The van der Waals surface area contributed by atoms with Crippen LogP contribution in [0, 0.1) is 0 Å². The van der Waals surface area contributed by atoms with Gasteiger partial charge in [0, 0.05) is 32.7 Å². The molecule has 0 aromatic heterocycles. The molecule has 0 spiro atoms. The standard InChI is InChI=1S/C13H19BN2/c1-2-15-7-9-16(10-8-15)11-12-3-5-13(14)6-4-12/h3-6H,2,7-11H2,1H3. The van der Waals surface area contributed by atoms with E-state index in [1.807, 2.05) is 12.1 Å². The molecule has 2 nitrogen and oxygen atoms in total. The number of hydrogen-bond acceptors (Lipinski definition) is 2. The van der Waals surface area contributed by atoms with Crippen molar-refractivity contribution in [3.8, 4) is 0 Å². The van der Waals surface area contributed by atoms with Crippen molar-refractivity contribution in [1.29, 1.82) is 0 Å². The molecule has 0 bridgehead atoms. The van der Waals surface area contributed by atoms with E-state index >= 15 is 0 Å². The van der Waals surface area contributed by atoms with E-state index in [1.54, 1.807) is 0 Å². The zero-order chi connectivity index (χ0) is 11.4. The molecule has 16 heavy (non-hydrogen) atoms. The summed E-state index contributed by atoms with van der Waals surface area (Å²) in [4.78, 5) is 5.01. The third-order valence-electron chi connectivity index (χ3n) is 3.30. The quantitative estimate of drug-likeness (QED) is 0.680. The normalized spacial score (nSPS) is 18.8. The fourth-order valence-corrected chi connectivity index (χ4v) is 2.14. The van der Waals surface area contributed by atoms with Gasteiger partial charge in [0.1, 0.15) is 7.85 Å². The Labute approximate surface area is 99.7 Å². The van der Waals surface area contributed by atoms with E-state index < -0.39 is 0 Å². The fourth-order valence-electron chi connectivity index (χ4n) is 2.14. The van der Waals surface area contributed by atoms with E-state index in [4.69, 9.17) is 7.85 Å². The molecule has 3 heteroatoms. The summed E-state index contributed by atoms with van der Waals surface area (Å²) in [6.07, 6.45) is 0. The van der Waals surface area contributed by atoms with E-state index in [0.717, 1.165) is 12.0 Å². The summed E-state index contributed by atoms with van der Waals surface area (Å²) in [6.45, 7) is 9.22. The predicted octanol–water partition coefficient (Wildman–Crippen LogP) is 0.618. The van der Waals surface area contributed by atoms with Gasteiger partial charge in [-0.1, -0.05) is 36.7 Å². The number of rotatable bonds is 3. The molecule has 1 saturated heterocycles.